The molecule has 2 fully saturated rings. The molecule has 0 unspecified atom stereocenters. The molecule has 2 aliphatic heterocycles. The molecule has 2 aliphatic rings. The average Bonchev–Trinajstić information content (AvgIpc) is 3.12. The normalized spacial score (nSPS) is 23.5. The van der Waals surface area contributed by atoms with Gasteiger partial charge in [-0.3, -0.25) is 14.4 Å². The van der Waals surface area contributed by atoms with E-state index in [2.05, 4.69) is 10.6 Å². The van der Waals surface area contributed by atoms with Crippen molar-refractivity contribution < 1.29 is 19.5 Å². The summed E-state index contributed by atoms with van der Waals surface area (Å²) in [6.07, 6.45) is 0.699. The summed E-state index contributed by atoms with van der Waals surface area (Å²) >= 11 is 6.07. The predicted molar refractivity (Wildman–Crippen MR) is 107 cm³/mol. The van der Waals surface area contributed by atoms with Crippen LogP contribution in [0.1, 0.15) is 22.3 Å². The Morgan fingerprint density at radius 3 is 2.62 bits per heavy atom. The van der Waals surface area contributed by atoms with E-state index in [-0.39, 0.29) is 36.1 Å². The number of phenolic OH excluding ortho intramolecular Hbond substituents is 1. The Labute approximate surface area is 172 Å². The molecular weight excluding hydrogens is 394 g/mol. The zero-order chi connectivity index (χ0) is 20.5. The van der Waals surface area contributed by atoms with Gasteiger partial charge >= 0.3 is 0 Å². The van der Waals surface area contributed by atoms with Crippen LogP contribution in [0.15, 0.2) is 48.5 Å². The number of nitrogens with zero attached hydrogens (tertiary/aromatic N) is 1. The van der Waals surface area contributed by atoms with E-state index in [1.165, 1.54) is 0 Å². The highest BCUT2D eigenvalue weighted by Gasteiger charge is 2.46. The zero-order valence-corrected chi connectivity index (χ0v) is 16.2. The van der Waals surface area contributed by atoms with Crippen molar-refractivity contribution in [1.82, 2.24) is 15.5 Å². The molecule has 0 radical (unpaired) electrons. The van der Waals surface area contributed by atoms with Gasteiger partial charge in [0, 0.05) is 19.0 Å². The summed E-state index contributed by atoms with van der Waals surface area (Å²) in [5.74, 6) is -0.571. The van der Waals surface area contributed by atoms with Gasteiger partial charge in [-0.15, -0.1) is 0 Å². The van der Waals surface area contributed by atoms with Gasteiger partial charge in [-0.2, -0.15) is 0 Å². The number of rotatable bonds is 4. The minimum atomic E-state index is -0.665. The second-order valence-electron chi connectivity index (χ2n) is 7.32. The summed E-state index contributed by atoms with van der Waals surface area (Å²) in [6, 6.07) is 11.7. The molecular formula is C21H20ClN3O4. The third-order valence-corrected chi connectivity index (χ3v) is 5.66. The second kappa shape index (κ2) is 7.75. The Morgan fingerprint density at radius 1 is 1.17 bits per heavy atom. The number of aromatic hydroxyl groups is 1. The number of fused-ring (bicyclic) bond motifs is 1. The minimum absolute atomic E-state index is 0.143. The third-order valence-electron chi connectivity index (χ3n) is 5.33. The lowest BCUT2D eigenvalue weighted by Crippen LogP contribution is -2.61. The van der Waals surface area contributed by atoms with Crippen LogP contribution in [0.2, 0.25) is 5.02 Å². The number of hydrogen-bond acceptors (Lipinski definition) is 4. The number of phenols is 1. The van der Waals surface area contributed by atoms with Crippen LogP contribution in [-0.2, 0) is 16.0 Å². The van der Waals surface area contributed by atoms with Gasteiger partial charge in [0.05, 0.1) is 10.6 Å². The highest BCUT2D eigenvalue weighted by Crippen LogP contribution is 2.25. The van der Waals surface area contributed by atoms with Crippen LogP contribution in [0, 0.1) is 0 Å². The molecule has 2 aromatic carbocycles. The summed E-state index contributed by atoms with van der Waals surface area (Å²) in [4.78, 5) is 39.5. The molecule has 7 nitrogen and oxygen atoms in total. The minimum Gasteiger partial charge on any atom is -0.508 e. The fraction of sp³-hybridized carbons (Fsp3) is 0.286. The summed E-state index contributed by atoms with van der Waals surface area (Å²) in [6.45, 7) is 0.277. The van der Waals surface area contributed by atoms with E-state index in [0.717, 1.165) is 5.56 Å². The molecule has 3 atom stereocenters. The molecule has 2 saturated heterocycles. The molecule has 8 heteroatoms. The van der Waals surface area contributed by atoms with Gasteiger partial charge < -0.3 is 20.6 Å². The lowest BCUT2D eigenvalue weighted by atomic mass is 10.0. The van der Waals surface area contributed by atoms with Gasteiger partial charge in [0.2, 0.25) is 11.8 Å². The number of nitrogens with one attached hydrogen (secondary N) is 2. The Kier molecular flexibility index (Phi) is 5.15. The van der Waals surface area contributed by atoms with Crippen molar-refractivity contribution in [3.8, 4) is 5.75 Å². The molecule has 0 saturated carbocycles. The van der Waals surface area contributed by atoms with E-state index >= 15 is 0 Å². The van der Waals surface area contributed by atoms with Gasteiger partial charge in [-0.25, -0.2) is 0 Å². The zero-order valence-electron chi connectivity index (χ0n) is 15.5. The number of amides is 3. The fourth-order valence-corrected chi connectivity index (χ4v) is 4.10. The first-order valence-corrected chi connectivity index (χ1v) is 9.74. The van der Waals surface area contributed by atoms with E-state index in [9.17, 15) is 19.5 Å². The van der Waals surface area contributed by atoms with Crippen molar-refractivity contribution in [2.75, 3.05) is 6.54 Å². The molecule has 3 N–H and O–H groups in total. The van der Waals surface area contributed by atoms with Gasteiger partial charge in [0.1, 0.15) is 17.8 Å². The van der Waals surface area contributed by atoms with Crippen molar-refractivity contribution in [2.45, 2.75) is 31.0 Å². The van der Waals surface area contributed by atoms with Crippen LogP contribution in [0.3, 0.4) is 0 Å². The summed E-state index contributed by atoms with van der Waals surface area (Å²) < 4.78 is 0. The third kappa shape index (κ3) is 3.91. The summed E-state index contributed by atoms with van der Waals surface area (Å²) in [5, 5.41) is 15.4. The predicted octanol–water partition coefficient (Wildman–Crippen LogP) is 1.49. The van der Waals surface area contributed by atoms with Crippen LogP contribution < -0.4 is 10.6 Å². The van der Waals surface area contributed by atoms with Crippen LogP contribution in [0.5, 0.6) is 5.75 Å². The number of carbonyl (C=O) groups is 3. The SMILES string of the molecule is O=C(N[C@H]1C[C@H]2C(=O)N[C@@H](Cc3ccc(O)cc3)C(=O)N2C1)c1ccccc1Cl. The molecule has 0 bridgehead atoms. The Hall–Kier alpha value is -3.06. The van der Waals surface area contributed by atoms with E-state index in [1.807, 2.05) is 0 Å². The maximum atomic E-state index is 12.9. The first-order chi connectivity index (χ1) is 13.9. The molecule has 3 amide bonds. The number of carbonyl (C=O) groups excluding carboxylic acids is 3. The maximum Gasteiger partial charge on any atom is 0.253 e. The van der Waals surface area contributed by atoms with E-state index in [1.54, 1.807) is 53.4 Å². The van der Waals surface area contributed by atoms with Gasteiger partial charge in [-0.1, -0.05) is 35.9 Å². The number of piperazine rings is 1. The Morgan fingerprint density at radius 2 is 1.90 bits per heavy atom. The van der Waals surface area contributed by atoms with Crippen LogP contribution in [0.4, 0.5) is 0 Å². The largest absolute Gasteiger partial charge is 0.508 e. The summed E-state index contributed by atoms with van der Waals surface area (Å²) in [7, 11) is 0. The molecule has 0 spiro atoms. The molecule has 2 aromatic rings. The van der Waals surface area contributed by atoms with Gasteiger partial charge in [-0.05, 0) is 36.2 Å². The number of benzene rings is 2. The first kappa shape index (κ1) is 19.3. The average molecular weight is 414 g/mol. The van der Waals surface area contributed by atoms with E-state index < -0.39 is 12.1 Å². The highest BCUT2D eigenvalue weighted by atomic mass is 35.5. The van der Waals surface area contributed by atoms with Crippen molar-refractivity contribution >= 4 is 29.3 Å². The monoisotopic (exact) mass is 413 g/mol. The van der Waals surface area contributed by atoms with Gasteiger partial charge in [0.15, 0.2) is 0 Å². The molecule has 0 aliphatic carbocycles. The number of hydrogen-bond donors (Lipinski definition) is 3. The van der Waals surface area contributed by atoms with Crippen molar-refractivity contribution in [2.24, 2.45) is 0 Å². The standard InChI is InChI=1S/C21H20ClN3O4/c22-16-4-2-1-3-15(16)19(27)23-13-10-18-20(28)24-17(21(29)25(18)11-13)9-12-5-7-14(26)8-6-12/h1-8,13,17-18,26H,9-11H2,(H,23,27)(H,24,28)/t13-,17-,18-/m0/s1. The topological polar surface area (TPSA) is 98.7 Å². The van der Waals surface area contributed by atoms with E-state index in [4.69, 9.17) is 11.6 Å². The maximum absolute atomic E-state index is 12.9. The van der Waals surface area contributed by atoms with Gasteiger partial charge in [0.25, 0.3) is 5.91 Å². The fourth-order valence-electron chi connectivity index (χ4n) is 3.88. The van der Waals surface area contributed by atoms with Crippen molar-refractivity contribution in [1.29, 1.82) is 0 Å². The highest BCUT2D eigenvalue weighted by molar-refractivity contribution is 6.33. The lowest BCUT2D eigenvalue weighted by molar-refractivity contribution is -0.147. The smallest absolute Gasteiger partial charge is 0.253 e. The quantitative estimate of drug-likeness (QED) is 0.707. The Balaban J connectivity index is 1.43. The number of halogens is 1. The van der Waals surface area contributed by atoms with Crippen LogP contribution in [-0.4, -0.2) is 52.4 Å². The Bertz CT molecular complexity index is 963. The van der Waals surface area contributed by atoms with Crippen molar-refractivity contribution in [3.63, 3.8) is 0 Å². The first-order valence-electron chi connectivity index (χ1n) is 9.36. The van der Waals surface area contributed by atoms with Crippen LogP contribution >= 0.6 is 11.6 Å². The molecule has 2 heterocycles. The lowest BCUT2D eigenvalue weighted by Gasteiger charge is -2.34. The van der Waals surface area contributed by atoms with Crippen molar-refractivity contribution in [3.05, 3.63) is 64.7 Å². The molecule has 4 rings (SSSR count). The van der Waals surface area contributed by atoms with Crippen LogP contribution in [0.25, 0.3) is 0 Å². The molecule has 150 valence electrons. The molecule has 0 aromatic heterocycles. The second-order valence-corrected chi connectivity index (χ2v) is 7.73. The molecule has 29 heavy (non-hydrogen) atoms. The van der Waals surface area contributed by atoms with E-state index in [0.29, 0.717) is 23.4 Å². The summed E-state index contributed by atoms with van der Waals surface area (Å²) in [5.41, 5.74) is 1.20.